The van der Waals surface area contributed by atoms with Crippen LogP contribution in [0.15, 0.2) is 0 Å². The Morgan fingerprint density at radius 1 is 1.37 bits per heavy atom. The zero-order chi connectivity index (χ0) is 13.8. The van der Waals surface area contributed by atoms with Crippen molar-refractivity contribution in [2.24, 2.45) is 0 Å². The van der Waals surface area contributed by atoms with E-state index in [2.05, 4.69) is 45.5 Å². The fourth-order valence-electron chi connectivity index (χ4n) is 2.79. The van der Waals surface area contributed by atoms with E-state index in [1.807, 2.05) is 0 Å². The second kappa shape index (κ2) is 6.52. The fraction of sp³-hybridized carbons (Fsp3) is 0.846. The molecule has 0 spiro atoms. The van der Waals surface area contributed by atoms with E-state index in [9.17, 15) is 0 Å². The summed E-state index contributed by atoms with van der Waals surface area (Å²) in [5.74, 6) is 0.988. The summed E-state index contributed by atoms with van der Waals surface area (Å²) in [5, 5.41) is 7.33. The maximum absolute atomic E-state index is 5.31. The van der Waals surface area contributed by atoms with E-state index in [0.717, 1.165) is 30.2 Å². The Kier molecular flexibility index (Phi) is 4.99. The van der Waals surface area contributed by atoms with Crippen molar-refractivity contribution in [1.29, 1.82) is 0 Å². The first-order valence-corrected chi connectivity index (χ1v) is 7.68. The van der Waals surface area contributed by atoms with Crippen LogP contribution < -0.4 is 4.90 Å². The minimum absolute atomic E-state index is 0.573. The maximum atomic E-state index is 5.31. The molecule has 0 radical (unpaired) electrons. The van der Waals surface area contributed by atoms with Gasteiger partial charge in [0, 0.05) is 32.7 Å². The van der Waals surface area contributed by atoms with Crippen molar-refractivity contribution in [2.75, 3.05) is 31.6 Å². The number of nitrogens with zero attached hydrogens (tertiary/aromatic N) is 4. The van der Waals surface area contributed by atoms with Gasteiger partial charge in [-0.05, 0) is 38.0 Å². The first kappa shape index (κ1) is 14.5. The van der Waals surface area contributed by atoms with Crippen LogP contribution in [0.5, 0.6) is 0 Å². The van der Waals surface area contributed by atoms with Crippen molar-refractivity contribution in [1.82, 2.24) is 19.7 Å². The monoisotopic (exact) mass is 283 g/mol. The highest BCUT2D eigenvalue weighted by atomic mass is 32.1. The van der Waals surface area contributed by atoms with Gasteiger partial charge < -0.3 is 9.80 Å². The van der Waals surface area contributed by atoms with Gasteiger partial charge in [0.05, 0.1) is 0 Å². The number of aromatic amines is 1. The summed E-state index contributed by atoms with van der Waals surface area (Å²) in [6.07, 6.45) is 3.48. The molecular formula is C13H25N5S. The summed E-state index contributed by atoms with van der Waals surface area (Å²) in [5.41, 5.74) is 0. The summed E-state index contributed by atoms with van der Waals surface area (Å²) >= 11 is 5.31. The summed E-state index contributed by atoms with van der Waals surface area (Å²) in [7, 11) is 2.14. The zero-order valence-corrected chi connectivity index (χ0v) is 13.0. The van der Waals surface area contributed by atoms with Crippen LogP contribution >= 0.6 is 12.2 Å². The number of nitrogens with one attached hydrogen (secondary N) is 1. The highest BCUT2D eigenvalue weighted by Crippen LogP contribution is 2.20. The van der Waals surface area contributed by atoms with Gasteiger partial charge in [0.1, 0.15) is 0 Å². The number of hydrogen-bond acceptors (Lipinski definition) is 4. The van der Waals surface area contributed by atoms with Gasteiger partial charge in [-0.25, -0.2) is 5.10 Å². The van der Waals surface area contributed by atoms with Crippen molar-refractivity contribution in [3.05, 3.63) is 4.77 Å². The van der Waals surface area contributed by atoms with Crippen molar-refractivity contribution in [3.8, 4) is 0 Å². The molecule has 1 aliphatic rings. The summed E-state index contributed by atoms with van der Waals surface area (Å²) in [6.45, 7) is 8.86. The Morgan fingerprint density at radius 3 is 2.63 bits per heavy atom. The van der Waals surface area contributed by atoms with E-state index in [-0.39, 0.29) is 0 Å². The van der Waals surface area contributed by atoms with Crippen LogP contribution in [-0.2, 0) is 6.54 Å². The van der Waals surface area contributed by atoms with Gasteiger partial charge in [0.2, 0.25) is 5.95 Å². The molecule has 0 atom stereocenters. The number of hydrogen-bond donors (Lipinski definition) is 1. The van der Waals surface area contributed by atoms with Crippen LogP contribution in [0.2, 0.25) is 0 Å². The number of H-pyrrole nitrogens is 1. The minimum atomic E-state index is 0.573. The minimum Gasteiger partial charge on any atom is -0.341 e. The largest absolute Gasteiger partial charge is 0.341 e. The predicted octanol–water partition coefficient (Wildman–Crippen LogP) is 2.27. The molecular weight excluding hydrogens is 258 g/mol. The van der Waals surface area contributed by atoms with Gasteiger partial charge in [0.25, 0.3) is 0 Å². The standard InChI is InChI=1S/C13H25N5S/c1-4-8-18-12(14-15-13(18)19)16(3)11-6-9-17(5-2)10-7-11/h11H,4-10H2,1-3H3,(H,15,19). The van der Waals surface area contributed by atoms with E-state index >= 15 is 0 Å². The smallest absolute Gasteiger partial charge is 0.225 e. The Labute approximate surface area is 120 Å². The molecule has 0 aromatic carbocycles. The van der Waals surface area contributed by atoms with E-state index in [1.165, 1.54) is 25.9 Å². The molecule has 0 saturated carbocycles. The lowest BCUT2D eigenvalue weighted by molar-refractivity contribution is 0.220. The van der Waals surface area contributed by atoms with Gasteiger partial charge in [-0.3, -0.25) is 4.57 Å². The first-order valence-electron chi connectivity index (χ1n) is 7.27. The highest BCUT2D eigenvalue weighted by Gasteiger charge is 2.24. The lowest BCUT2D eigenvalue weighted by Crippen LogP contribution is -2.44. The van der Waals surface area contributed by atoms with Crippen LogP contribution in [0.1, 0.15) is 33.1 Å². The Hall–Kier alpha value is -0.880. The third-order valence-electron chi connectivity index (χ3n) is 4.05. The van der Waals surface area contributed by atoms with Gasteiger partial charge in [-0.2, -0.15) is 0 Å². The molecule has 108 valence electrons. The van der Waals surface area contributed by atoms with Gasteiger partial charge in [-0.15, -0.1) is 5.10 Å². The number of likely N-dealkylation sites (tertiary alicyclic amines) is 1. The highest BCUT2D eigenvalue weighted by molar-refractivity contribution is 7.71. The Balaban J connectivity index is 2.07. The van der Waals surface area contributed by atoms with E-state index in [4.69, 9.17) is 12.2 Å². The molecule has 1 fully saturated rings. The average molecular weight is 283 g/mol. The molecule has 0 amide bonds. The van der Waals surface area contributed by atoms with Gasteiger partial charge in [-0.1, -0.05) is 13.8 Å². The van der Waals surface area contributed by atoms with Crippen molar-refractivity contribution >= 4 is 18.2 Å². The topological polar surface area (TPSA) is 40.1 Å². The van der Waals surface area contributed by atoms with Gasteiger partial charge >= 0.3 is 0 Å². The summed E-state index contributed by atoms with van der Waals surface area (Å²) in [4.78, 5) is 4.81. The molecule has 1 aromatic rings. The average Bonchev–Trinajstić information content (AvgIpc) is 2.80. The van der Waals surface area contributed by atoms with Crippen LogP contribution in [-0.4, -0.2) is 52.4 Å². The van der Waals surface area contributed by atoms with Crippen LogP contribution in [0, 0.1) is 4.77 Å². The molecule has 19 heavy (non-hydrogen) atoms. The second-order valence-corrected chi connectivity index (χ2v) is 5.64. The normalized spacial score (nSPS) is 17.8. The Bertz CT molecular complexity index is 444. The summed E-state index contributed by atoms with van der Waals surface area (Å²) in [6, 6.07) is 0.573. The fourth-order valence-corrected chi connectivity index (χ4v) is 3.01. The third-order valence-corrected chi connectivity index (χ3v) is 4.36. The first-order chi connectivity index (χ1) is 9.17. The lowest BCUT2D eigenvalue weighted by Gasteiger charge is -2.36. The molecule has 2 rings (SSSR count). The maximum Gasteiger partial charge on any atom is 0.225 e. The number of rotatable bonds is 5. The molecule has 1 aromatic heterocycles. The van der Waals surface area contributed by atoms with E-state index in [0.29, 0.717) is 6.04 Å². The molecule has 1 N–H and O–H groups in total. The van der Waals surface area contributed by atoms with Crippen LogP contribution in [0.4, 0.5) is 5.95 Å². The molecule has 1 aliphatic heterocycles. The molecule has 5 nitrogen and oxygen atoms in total. The SMILES string of the molecule is CCCn1c(N(C)C2CCN(CC)CC2)n[nH]c1=S. The van der Waals surface area contributed by atoms with Crippen molar-refractivity contribution in [2.45, 2.75) is 45.7 Å². The lowest BCUT2D eigenvalue weighted by atomic mass is 10.0. The zero-order valence-electron chi connectivity index (χ0n) is 12.2. The van der Waals surface area contributed by atoms with Crippen molar-refractivity contribution < 1.29 is 0 Å². The second-order valence-electron chi connectivity index (χ2n) is 5.26. The molecule has 0 bridgehead atoms. The number of piperidine rings is 1. The molecule has 0 aliphatic carbocycles. The van der Waals surface area contributed by atoms with E-state index in [1.54, 1.807) is 0 Å². The van der Waals surface area contributed by atoms with Crippen LogP contribution in [0.3, 0.4) is 0 Å². The quantitative estimate of drug-likeness (QED) is 0.842. The van der Waals surface area contributed by atoms with Crippen LogP contribution in [0.25, 0.3) is 0 Å². The number of aromatic nitrogens is 3. The summed E-state index contributed by atoms with van der Waals surface area (Å²) < 4.78 is 2.84. The molecule has 0 unspecified atom stereocenters. The van der Waals surface area contributed by atoms with E-state index < -0.39 is 0 Å². The predicted molar refractivity (Wildman–Crippen MR) is 81.2 cm³/mol. The van der Waals surface area contributed by atoms with Crippen molar-refractivity contribution in [3.63, 3.8) is 0 Å². The molecule has 1 saturated heterocycles. The molecule has 6 heteroatoms. The number of anilines is 1. The third kappa shape index (κ3) is 3.17. The van der Waals surface area contributed by atoms with Gasteiger partial charge in [0.15, 0.2) is 4.77 Å². The Morgan fingerprint density at radius 2 is 2.05 bits per heavy atom. The molecule has 2 heterocycles.